The first kappa shape index (κ1) is 18.2. The molecule has 134 valence electrons. The summed E-state index contributed by atoms with van der Waals surface area (Å²) in [6.07, 6.45) is 1.45. The minimum atomic E-state index is -0.228. The van der Waals surface area contributed by atoms with Crippen LogP contribution < -0.4 is 15.0 Å². The second-order valence-corrected chi connectivity index (χ2v) is 6.48. The normalized spacial score (nSPS) is 10.6. The fourth-order valence-electron chi connectivity index (χ4n) is 2.58. The van der Waals surface area contributed by atoms with Crippen molar-refractivity contribution in [1.29, 1.82) is 0 Å². The van der Waals surface area contributed by atoms with E-state index in [1.807, 2.05) is 6.07 Å². The smallest absolute Gasteiger partial charge is 0.244 e. The van der Waals surface area contributed by atoms with Gasteiger partial charge in [0.05, 0.1) is 24.9 Å². The lowest BCUT2D eigenvalue weighted by molar-refractivity contribution is -0.114. The van der Waals surface area contributed by atoms with Gasteiger partial charge in [0.2, 0.25) is 5.91 Å². The van der Waals surface area contributed by atoms with Gasteiger partial charge in [-0.05, 0) is 36.4 Å². The van der Waals surface area contributed by atoms with Crippen LogP contribution in [0.4, 0.5) is 11.5 Å². The van der Waals surface area contributed by atoms with Crippen molar-refractivity contribution in [3.8, 4) is 5.75 Å². The highest BCUT2D eigenvalue weighted by Crippen LogP contribution is 2.28. The van der Waals surface area contributed by atoms with Gasteiger partial charge in [-0.25, -0.2) is 9.97 Å². The van der Waals surface area contributed by atoms with Gasteiger partial charge in [0.1, 0.15) is 17.9 Å². The van der Waals surface area contributed by atoms with Crippen molar-refractivity contribution < 1.29 is 9.53 Å². The molecular formula is C18H16Cl2N4O2. The summed E-state index contributed by atoms with van der Waals surface area (Å²) >= 11 is 12.0. The number of halogens is 2. The lowest BCUT2D eigenvalue weighted by Gasteiger charge is -2.19. The zero-order chi connectivity index (χ0) is 18.7. The number of nitrogens with one attached hydrogen (secondary N) is 1. The molecule has 0 aliphatic rings. The molecule has 1 N–H and O–H groups in total. The van der Waals surface area contributed by atoms with Crippen LogP contribution in [0.1, 0.15) is 0 Å². The first-order chi connectivity index (χ1) is 12.5. The Kier molecular flexibility index (Phi) is 5.44. The van der Waals surface area contributed by atoms with Crippen molar-refractivity contribution in [2.24, 2.45) is 0 Å². The second kappa shape index (κ2) is 7.76. The number of benzene rings is 2. The van der Waals surface area contributed by atoms with Crippen molar-refractivity contribution in [2.45, 2.75) is 0 Å². The lowest BCUT2D eigenvalue weighted by Crippen LogP contribution is -2.31. The molecule has 0 atom stereocenters. The summed E-state index contributed by atoms with van der Waals surface area (Å²) in [4.78, 5) is 22.7. The monoisotopic (exact) mass is 390 g/mol. The Balaban J connectivity index is 1.79. The number of ether oxygens (including phenoxy) is 1. The number of hydrogen-bond acceptors (Lipinski definition) is 5. The average Bonchev–Trinajstić information content (AvgIpc) is 2.61. The molecule has 0 fully saturated rings. The molecule has 6 nitrogen and oxygen atoms in total. The van der Waals surface area contributed by atoms with Crippen LogP contribution in [0.3, 0.4) is 0 Å². The van der Waals surface area contributed by atoms with E-state index < -0.39 is 0 Å². The van der Waals surface area contributed by atoms with Crippen LogP contribution in [-0.4, -0.2) is 36.6 Å². The maximum Gasteiger partial charge on any atom is 0.244 e. The Morgan fingerprint density at radius 2 is 1.88 bits per heavy atom. The molecule has 0 unspecified atom stereocenters. The summed E-state index contributed by atoms with van der Waals surface area (Å²) in [5.41, 5.74) is 1.23. The van der Waals surface area contributed by atoms with Gasteiger partial charge in [-0.1, -0.05) is 23.2 Å². The largest absolute Gasteiger partial charge is 0.495 e. The summed E-state index contributed by atoms with van der Waals surface area (Å²) < 4.78 is 5.24. The van der Waals surface area contributed by atoms with Gasteiger partial charge in [-0.2, -0.15) is 0 Å². The Morgan fingerprint density at radius 3 is 2.65 bits per heavy atom. The number of likely N-dealkylation sites (N-methyl/N-ethyl adjacent to an activating group) is 1. The van der Waals surface area contributed by atoms with E-state index in [0.29, 0.717) is 32.8 Å². The second-order valence-electron chi connectivity index (χ2n) is 5.61. The van der Waals surface area contributed by atoms with Crippen LogP contribution in [0, 0.1) is 0 Å². The zero-order valence-corrected chi connectivity index (χ0v) is 15.7. The Morgan fingerprint density at radius 1 is 1.15 bits per heavy atom. The van der Waals surface area contributed by atoms with E-state index in [1.54, 1.807) is 42.3 Å². The highest BCUT2D eigenvalue weighted by molar-refractivity contribution is 6.31. The van der Waals surface area contributed by atoms with Crippen LogP contribution >= 0.6 is 23.2 Å². The quantitative estimate of drug-likeness (QED) is 0.712. The van der Waals surface area contributed by atoms with Crippen molar-refractivity contribution in [1.82, 2.24) is 9.97 Å². The van der Waals surface area contributed by atoms with Gasteiger partial charge in [0, 0.05) is 22.5 Å². The minimum Gasteiger partial charge on any atom is -0.495 e. The summed E-state index contributed by atoms with van der Waals surface area (Å²) in [5.74, 6) is 0.946. The molecule has 8 heteroatoms. The molecule has 0 bridgehead atoms. The Hall–Kier alpha value is -2.57. The van der Waals surface area contributed by atoms with Gasteiger partial charge in [0.25, 0.3) is 0 Å². The van der Waals surface area contributed by atoms with E-state index in [9.17, 15) is 4.79 Å². The molecule has 0 saturated carbocycles. The number of methoxy groups -OCH3 is 1. The Bertz CT molecular complexity index is 965. The number of fused-ring (bicyclic) bond motifs is 1. The summed E-state index contributed by atoms with van der Waals surface area (Å²) in [5, 5.41) is 4.72. The van der Waals surface area contributed by atoms with E-state index in [4.69, 9.17) is 27.9 Å². The molecular weight excluding hydrogens is 375 g/mol. The molecule has 0 saturated heterocycles. The van der Waals surface area contributed by atoms with Crippen molar-refractivity contribution in [3.63, 3.8) is 0 Å². The number of amides is 1. The van der Waals surface area contributed by atoms with E-state index in [2.05, 4.69) is 15.3 Å². The number of aromatic nitrogens is 2. The fourth-order valence-corrected chi connectivity index (χ4v) is 2.92. The third-order valence-electron chi connectivity index (χ3n) is 3.76. The summed E-state index contributed by atoms with van der Waals surface area (Å²) in [6.45, 7) is 0.0877. The van der Waals surface area contributed by atoms with Gasteiger partial charge in [0.15, 0.2) is 0 Å². The molecule has 26 heavy (non-hydrogen) atoms. The fraction of sp³-hybridized carbons (Fsp3) is 0.167. The predicted molar refractivity (Wildman–Crippen MR) is 104 cm³/mol. The third kappa shape index (κ3) is 3.98. The first-order valence-electron chi connectivity index (χ1n) is 7.72. The molecule has 0 aliphatic heterocycles. The van der Waals surface area contributed by atoms with Gasteiger partial charge < -0.3 is 15.0 Å². The lowest BCUT2D eigenvalue weighted by atomic mass is 10.2. The van der Waals surface area contributed by atoms with Crippen LogP contribution in [0.2, 0.25) is 10.0 Å². The summed E-state index contributed by atoms with van der Waals surface area (Å²) in [6, 6.07) is 10.4. The predicted octanol–water partition coefficient (Wildman–Crippen LogP) is 4.02. The number of carbonyl (C=O) groups excluding carboxylic acids is 1. The van der Waals surface area contributed by atoms with E-state index in [0.717, 1.165) is 5.39 Å². The summed E-state index contributed by atoms with van der Waals surface area (Å²) in [7, 11) is 3.31. The van der Waals surface area contributed by atoms with Gasteiger partial charge >= 0.3 is 0 Å². The van der Waals surface area contributed by atoms with Crippen molar-refractivity contribution in [2.75, 3.05) is 30.9 Å². The molecule has 0 radical (unpaired) electrons. The zero-order valence-electron chi connectivity index (χ0n) is 14.2. The number of nitrogens with zero attached hydrogens (tertiary/aromatic N) is 3. The standard InChI is InChI=1S/C18H16Cl2N4O2/c1-24(18-13-5-3-11(19)7-14(13)21-10-22-18)9-17(25)23-15-8-12(20)4-6-16(15)26-2/h3-8,10H,9H2,1-2H3,(H,23,25). The Labute approximate surface area is 160 Å². The number of carbonyl (C=O) groups is 1. The third-order valence-corrected chi connectivity index (χ3v) is 4.23. The van der Waals surface area contributed by atoms with Gasteiger partial charge in [-0.15, -0.1) is 0 Å². The van der Waals surface area contributed by atoms with Crippen molar-refractivity contribution >= 4 is 51.5 Å². The number of anilines is 2. The van der Waals surface area contributed by atoms with E-state index >= 15 is 0 Å². The molecule has 1 aromatic heterocycles. The SMILES string of the molecule is COc1ccc(Cl)cc1NC(=O)CN(C)c1ncnc2cc(Cl)ccc12. The van der Waals surface area contributed by atoms with E-state index in [1.165, 1.54) is 13.4 Å². The minimum absolute atomic E-state index is 0.0877. The van der Waals surface area contributed by atoms with Gasteiger partial charge in [-0.3, -0.25) is 4.79 Å². The maximum absolute atomic E-state index is 12.4. The first-order valence-corrected chi connectivity index (χ1v) is 8.48. The molecule has 1 amide bonds. The molecule has 3 rings (SSSR count). The van der Waals surface area contributed by atoms with Crippen molar-refractivity contribution in [3.05, 3.63) is 52.8 Å². The number of hydrogen-bond donors (Lipinski definition) is 1. The van der Waals surface area contributed by atoms with E-state index in [-0.39, 0.29) is 12.5 Å². The molecule has 2 aromatic carbocycles. The average molecular weight is 391 g/mol. The number of rotatable bonds is 5. The molecule has 0 spiro atoms. The van der Waals surface area contributed by atoms with Crippen LogP contribution in [-0.2, 0) is 4.79 Å². The molecule has 0 aliphatic carbocycles. The molecule has 3 aromatic rings. The highest BCUT2D eigenvalue weighted by Gasteiger charge is 2.14. The maximum atomic E-state index is 12.4. The van der Waals surface area contributed by atoms with Crippen LogP contribution in [0.5, 0.6) is 5.75 Å². The highest BCUT2D eigenvalue weighted by atomic mass is 35.5. The molecule has 1 heterocycles. The van der Waals surface area contributed by atoms with Crippen LogP contribution in [0.25, 0.3) is 10.9 Å². The topological polar surface area (TPSA) is 67.3 Å². The van der Waals surface area contributed by atoms with Crippen LogP contribution in [0.15, 0.2) is 42.7 Å².